The molecule has 0 aromatic heterocycles. The van der Waals surface area contributed by atoms with Crippen molar-refractivity contribution < 1.29 is 40.0 Å². The van der Waals surface area contributed by atoms with E-state index >= 15 is 0 Å². The van der Waals surface area contributed by atoms with Gasteiger partial charge >= 0.3 is 65.5 Å². The zero-order valence-corrected chi connectivity index (χ0v) is 22.2. The molecule has 0 aliphatic heterocycles. The Bertz CT molecular complexity index is 462. The van der Waals surface area contributed by atoms with Crippen LogP contribution in [0, 0.1) is 0 Å². The molecule has 0 radical (unpaired) electrons. The second-order valence-corrected chi connectivity index (χ2v) is 10.2. The third-order valence-electron chi connectivity index (χ3n) is 3.32. The van der Waals surface area contributed by atoms with Gasteiger partial charge in [0.15, 0.2) is 0 Å². The standard InChI is InChI=1S/C7H9.3C6H11O.Zr/c1-2-7-5-3-4-6-7;3*1-4-5-6(2,3)7;/h3,5H,2,4H2,1H3;3*4H,1,5H2,2-3H3;/q;3*-1;+3. The Morgan fingerprint density at radius 1 is 0.828 bits per heavy atom. The molecule has 1 aliphatic carbocycles. The van der Waals surface area contributed by atoms with Crippen LogP contribution in [-0.4, -0.2) is 16.8 Å². The van der Waals surface area contributed by atoms with Gasteiger partial charge in [-0.2, -0.15) is 0 Å². The summed E-state index contributed by atoms with van der Waals surface area (Å²) < 4.78 is 1.64. The molecule has 0 heterocycles. The average Bonchev–Trinajstić information content (AvgIpc) is 2.90. The zero-order chi connectivity index (χ0) is 23.7. The van der Waals surface area contributed by atoms with Crippen molar-refractivity contribution in [2.24, 2.45) is 0 Å². The summed E-state index contributed by atoms with van der Waals surface area (Å²) in [5, 5.41) is 31.9. The quantitative estimate of drug-likeness (QED) is 0.510. The van der Waals surface area contributed by atoms with Crippen LogP contribution in [0.25, 0.3) is 0 Å². The molecule has 0 saturated carbocycles. The molecular weight excluding hydrogens is 439 g/mol. The van der Waals surface area contributed by atoms with Crippen molar-refractivity contribution in [1.29, 1.82) is 0 Å². The molecule has 164 valence electrons. The maximum absolute atomic E-state index is 10.6. The Morgan fingerprint density at radius 3 is 1.21 bits per heavy atom. The summed E-state index contributed by atoms with van der Waals surface area (Å²) >= 11 is 1.60. The Morgan fingerprint density at radius 2 is 1.14 bits per heavy atom. The Kier molecular flexibility index (Phi) is 19.6. The van der Waals surface area contributed by atoms with E-state index in [2.05, 4.69) is 38.8 Å². The van der Waals surface area contributed by atoms with Crippen LogP contribution in [0.2, 0.25) is 0 Å². The molecule has 4 heteroatoms. The molecule has 0 fully saturated rings. The van der Waals surface area contributed by atoms with E-state index in [1.807, 2.05) is 0 Å². The molecule has 3 nitrogen and oxygen atoms in total. The van der Waals surface area contributed by atoms with E-state index in [9.17, 15) is 15.3 Å². The second-order valence-electron chi connectivity index (χ2n) is 8.72. The van der Waals surface area contributed by atoms with E-state index in [1.165, 1.54) is 12.8 Å². The van der Waals surface area contributed by atoms with Crippen molar-refractivity contribution in [3.63, 3.8) is 0 Å². The molecule has 0 aromatic rings. The van der Waals surface area contributed by atoms with Crippen LogP contribution in [-0.2, 0) is 24.7 Å². The van der Waals surface area contributed by atoms with E-state index in [0.29, 0.717) is 19.3 Å². The topological polar surface area (TPSA) is 69.2 Å². The predicted molar refractivity (Wildman–Crippen MR) is 118 cm³/mol. The fraction of sp³-hybridized carbons (Fsp3) is 0.600. The summed E-state index contributed by atoms with van der Waals surface area (Å²) in [6.45, 7) is 22.4. The molecule has 0 aromatic carbocycles. The van der Waals surface area contributed by atoms with Crippen LogP contribution >= 0.6 is 0 Å². The van der Waals surface area contributed by atoms with Gasteiger partial charge in [-0.25, -0.2) is 0 Å². The van der Waals surface area contributed by atoms with Gasteiger partial charge in [-0.15, -0.1) is 36.5 Å². The number of rotatable bonds is 7. The third-order valence-corrected chi connectivity index (χ3v) is 4.61. The van der Waals surface area contributed by atoms with Gasteiger partial charge in [0.2, 0.25) is 0 Å². The number of hydrogen-bond donors (Lipinski definition) is 0. The Balaban J connectivity index is -0.000000312. The van der Waals surface area contributed by atoms with Crippen molar-refractivity contribution in [2.45, 2.75) is 97.4 Å². The fourth-order valence-electron chi connectivity index (χ4n) is 1.92. The normalized spacial score (nSPS) is 13.2. The van der Waals surface area contributed by atoms with Crippen molar-refractivity contribution in [2.75, 3.05) is 0 Å². The summed E-state index contributed by atoms with van der Waals surface area (Å²) in [5.74, 6) is 0. The minimum atomic E-state index is -0.818. The van der Waals surface area contributed by atoms with Crippen LogP contribution in [0.3, 0.4) is 0 Å². The first-order chi connectivity index (χ1) is 13.0. The van der Waals surface area contributed by atoms with Crippen molar-refractivity contribution in [3.8, 4) is 0 Å². The molecule has 1 rings (SSSR count). The summed E-state index contributed by atoms with van der Waals surface area (Å²) in [7, 11) is 0. The summed E-state index contributed by atoms with van der Waals surface area (Å²) in [4.78, 5) is 0. The summed E-state index contributed by atoms with van der Waals surface area (Å²) in [6, 6.07) is 0. The third kappa shape index (κ3) is 32.3. The molecule has 29 heavy (non-hydrogen) atoms. The first-order valence-corrected chi connectivity index (χ1v) is 11.3. The molecule has 0 atom stereocenters. The van der Waals surface area contributed by atoms with Gasteiger partial charge in [0, 0.05) is 0 Å². The van der Waals surface area contributed by atoms with E-state index in [-0.39, 0.29) is 0 Å². The molecule has 0 bridgehead atoms. The molecule has 1 aliphatic rings. The van der Waals surface area contributed by atoms with Crippen LogP contribution < -0.4 is 15.3 Å². The van der Waals surface area contributed by atoms with Crippen molar-refractivity contribution in [3.05, 3.63) is 59.0 Å². The van der Waals surface area contributed by atoms with Gasteiger partial charge < -0.3 is 15.3 Å². The molecule has 0 unspecified atom stereocenters. The zero-order valence-electron chi connectivity index (χ0n) is 19.8. The van der Waals surface area contributed by atoms with Crippen LogP contribution in [0.1, 0.15) is 80.6 Å². The fourth-order valence-corrected chi connectivity index (χ4v) is 2.85. The molecule has 0 spiro atoms. The van der Waals surface area contributed by atoms with Gasteiger partial charge in [-0.3, -0.25) is 0 Å². The second kappa shape index (κ2) is 17.2. The SMILES string of the molecule is C=CCC(C)(C)[O-].C=CCC(C)(C)[O-].C=CCC(C)(C)[O-].CCC1=[C]([Zr+3])CC=C1. The van der Waals surface area contributed by atoms with E-state index < -0.39 is 16.8 Å². The van der Waals surface area contributed by atoms with Gasteiger partial charge in [-0.1, -0.05) is 59.8 Å². The van der Waals surface area contributed by atoms with E-state index in [4.69, 9.17) is 0 Å². The van der Waals surface area contributed by atoms with Crippen LogP contribution in [0.4, 0.5) is 0 Å². The molecule has 0 amide bonds. The van der Waals surface area contributed by atoms with Crippen molar-refractivity contribution in [1.82, 2.24) is 0 Å². The summed E-state index contributed by atoms with van der Waals surface area (Å²) in [5.41, 5.74) is -0.881. The average molecular weight is 482 g/mol. The van der Waals surface area contributed by atoms with Gasteiger partial charge in [0.05, 0.1) is 0 Å². The number of allylic oxidation sites excluding steroid dienone is 4. The van der Waals surface area contributed by atoms with Gasteiger partial charge in [0.25, 0.3) is 0 Å². The minimum absolute atomic E-state index is 0.549. The van der Waals surface area contributed by atoms with Crippen LogP contribution in [0.15, 0.2) is 59.0 Å². The molecular formula is C25H42O3Zr. The van der Waals surface area contributed by atoms with Gasteiger partial charge in [-0.05, 0) is 19.3 Å². The molecule has 0 N–H and O–H groups in total. The maximum atomic E-state index is 10.6. The Labute approximate surface area is 195 Å². The van der Waals surface area contributed by atoms with E-state index in [0.717, 1.165) is 0 Å². The number of hydrogen-bond acceptors (Lipinski definition) is 3. The van der Waals surface area contributed by atoms with Crippen LogP contribution in [0.5, 0.6) is 0 Å². The Hall–Kier alpha value is -0.537. The van der Waals surface area contributed by atoms with Gasteiger partial charge in [0.1, 0.15) is 0 Å². The molecule has 0 saturated heterocycles. The first-order valence-electron chi connectivity index (χ1n) is 10.1. The first kappa shape index (κ1) is 33.1. The summed E-state index contributed by atoms with van der Waals surface area (Å²) in [6.07, 6.45) is 13.5. The van der Waals surface area contributed by atoms with E-state index in [1.54, 1.807) is 93.3 Å². The monoisotopic (exact) mass is 480 g/mol. The predicted octanol–water partition coefficient (Wildman–Crippen LogP) is 4.26. The van der Waals surface area contributed by atoms with Crippen molar-refractivity contribution >= 4 is 0 Å².